The summed E-state index contributed by atoms with van der Waals surface area (Å²) in [5.41, 5.74) is 6.03. The Kier molecular flexibility index (Phi) is 8.39. The van der Waals surface area contributed by atoms with Gasteiger partial charge in [-0.15, -0.1) is 0 Å². The zero-order chi connectivity index (χ0) is 24.7. The third-order valence-corrected chi connectivity index (χ3v) is 6.11. The quantitative estimate of drug-likeness (QED) is 0.230. The Hall–Kier alpha value is -3.70. The number of benzene rings is 2. The van der Waals surface area contributed by atoms with Gasteiger partial charge in [-0.1, -0.05) is 36.1 Å². The summed E-state index contributed by atoms with van der Waals surface area (Å²) in [6.07, 6.45) is 2.10. The van der Waals surface area contributed by atoms with Crippen molar-refractivity contribution in [3.8, 4) is 5.75 Å². The third kappa shape index (κ3) is 6.42. The maximum absolute atomic E-state index is 12.7. The van der Waals surface area contributed by atoms with E-state index in [1.54, 1.807) is 30.3 Å². The first-order valence-corrected chi connectivity index (χ1v) is 11.3. The van der Waals surface area contributed by atoms with Crippen LogP contribution in [0.15, 0.2) is 53.4 Å². The van der Waals surface area contributed by atoms with E-state index in [9.17, 15) is 24.3 Å². The van der Waals surface area contributed by atoms with Crippen molar-refractivity contribution in [3.63, 3.8) is 0 Å². The molecule has 2 aromatic carbocycles. The fourth-order valence-electron chi connectivity index (χ4n) is 2.95. The van der Waals surface area contributed by atoms with E-state index in [2.05, 4.69) is 15.6 Å². The third-order valence-electron chi connectivity index (χ3n) is 4.73. The number of ether oxygens (including phenoxy) is 1. The number of thioether (sulfide) groups is 1. The second-order valence-corrected chi connectivity index (χ2v) is 8.78. The van der Waals surface area contributed by atoms with Crippen LogP contribution >= 0.6 is 24.0 Å². The van der Waals surface area contributed by atoms with Crippen LogP contribution in [0.4, 0.5) is 0 Å². The largest absolute Gasteiger partial charge is 0.508 e. The fraction of sp³-hybridized carbons (Fsp3) is 0.174. The Labute approximate surface area is 205 Å². The zero-order valence-corrected chi connectivity index (χ0v) is 19.7. The van der Waals surface area contributed by atoms with Crippen molar-refractivity contribution < 1.29 is 29.0 Å². The topological polar surface area (TPSA) is 125 Å². The van der Waals surface area contributed by atoms with Crippen LogP contribution in [0.2, 0.25) is 0 Å². The van der Waals surface area contributed by atoms with E-state index in [0.717, 1.165) is 5.56 Å². The number of phenols is 1. The van der Waals surface area contributed by atoms with E-state index in [0.29, 0.717) is 21.2 Å². The number of nitrogens with zero attached hydrogens (tertiary/aromatic N) is 1. The lowest BCUT2D eigenvalue weighted by Crippen LogP contribution is -2.41. The maximum Gasteiger partial charge on any atom is 0.337 e. The average molecular weight is 500 g/mol. The van der Waals surface area contributed by atoms with Crippen molar-refractivity contribution >= 4 is 58.1 Å². The molecule has 0 unspecified atom stereocenters. The molecule has 11 heteroatoms. The highest BCUT2D eigenvalue weighted by atomic mass is 32.2. The monoisotopic (exact) mass is 499 g/mol. The second kappa shape index (κ2) is 11.4. The lowest BCUT2D eigenvalue weighted by Gasteiger charge is -2.14. The van der Waals surface area contributed by atoms with Gasteiger partial charge in [0.1, 0.15) is 10.1 Å². The Balaban J connectivity index is 1.47. The number of nitrogens with one attached hydrogen (secondary N) is 2. The fourth-order valence-corrected chi connectivity index (χ4v) is 4.26. The van der Waals surface area contributed by atoms with Crippen LogP contribution in [0.5, 0.6) is 5.75 Å². The highest BCUT2D eigenvalue weighted by Crippen LogP contribution is 2.32. The van der Waals surface area contributed by atoms with Gasteiger partial charge in [0.15, 0.2) is 0 Å². The number of methoxy groups -OCH3 is 1. The molecule has 176 valence electrons. The van der Waals surface area contributed by atoms with Crippen molar-refractivity contribution in [1.82, 2.24) is 15.8 Å². The number of thiocarbonyl (C=S) groups is 1. The molecular formula is C23H21N3O6S2. The molecule has 0 atom stereocenters. The summed E-state index contributed by atoms with van der Waals surface area (Å²) in [6, 6.07) is 12.2. The predicted molar refractivity (Wildman–Crippen MR) is 131 cm³/mol. The Morgan fingerprint density at radius 2 is 1.71 bits per heavy atom. The lowest BCUT2D eigenvalue weighted by atomic mass is 10.1. The van der Waals surface area contributed by atoms with Crippen LogP contribution in [0.3, 0.4) is 0 Å². The van der Waals surface area contributed by atoms with Crippen LogP contribution < -0.4 is 10.9 Å². The van der Waals surface area contributed by atoms with E-state index in [-0.39, 0.29) is 30.2 Å². The molecule has 1 fully saturated rings. The molecule has 3 rings (SSSR count). The van der Waals surface area contributed by atoms with Crippen molar-refractivity contribution in [2.75, 3.05) is 13.7 Å². The Morgan fingerprint density at radius 3 is 2.35 bits per heavy atom. The van der Waals surface area contributed by atoms with Crippen molar-refractivity contribution in [1.29, 1.82) is 0 Å². The molecule has 3 N–H and O–H groups in total. The normalized spacial score (nSPS) is 14.3. The van der Waals surface area contributed by atoms with Crippen LogP contribution in [-0.2, 0) is 14.3 Å². The highest BCUT2D eigenvalue weighted by Gasteiger charge is 2.31. The molecule has 2 aromatic rings. The molecule has 1 aliphatic heterocycles. The summed E-state index contributed by atoms with van der Waals surface area (Å²) in [5.74, 6) is -1.61. The first-order valence-electron chi connectivity index (χ1n) is 10.1. The van der Waals surface area contributed by atoms with Gasteiger partial charge in [-0.05, 0) is 54.5 Å². The number of rotatable bonds is 7. The van der Waals surface area contributed by atoms with Gasteiger partial charge in [0.05, 0.1) is 17.6 Å². The van der Waals surface area contributed by atoms with Gasteiger partial charge < -0.3 is 9.84 Å². The summed E-state index contributed by atoms with van der Waals surface area (Å²) < 4.78 is 5.06. The summed E-state index contributed by atoms with van der Waals surface area (Å²) >= 11 is 6.47. The van der Waals surface area contributed by atoms with Crippen LogP contribution in [-0.4, -0.2) is 51.7 Å². The molecule has 0 spiro atoms. The molecular weight excluding hydrogens is 478 g/mol. The summed E-state index contributed by atoms with van der Waals surface area (Å²) in [7, 11) is 1.30. The van der Waals surface area contributed by atoms with E-state index in [1.807, 2.05) is 0 Å². The maximum atomic E-state index is 12.7. The van der Waals surface area contributed by atoms with Gasteiger partial charge >= 0.3 is 5.97 Å². The van der Waals surface area contributed by atoms with E-state index in [4.69, 9.17) is 12.2 Å². The second-order valence-electron chi connectivity index (χ2n) is 7.10. The summed E-state index contributed by atoms with van der Waals surface area (Å²) in [5, 5.41) is 9.25. The molecule has 0 aliphatic carbocycles. The number of esters is 1. The lowest BCUT2D eigenvalue weighted by molar-refractivity contribution is -0.124. The smallest absolute Gasteiger partial charge is 0.337 e. The summed E-state index contributed by atoms with van der Waals surface area (Å²) in [6.45, 7) is 0.253. The van der Waals surface area contributed by atoms with Gasteiger partial charge in [0, 0.05) is 18.5 Å². The number of carbonyl (C=O) groups is 4. The standard InChI is InChI=1S/C23H21N3O6S2/c1-32-22(31)16-6-4-14(5-7-16)13-18-21(30)26(23(33)34-18)12-2-3-19(28)24-25-20(29)15-8-10-17(27)11-9-15/h4-11,13,27H,2-3,12H2,1H3,(H,24,28)(H,25,29). The minimum Gasteiger partial charge on any atom is -0.508 e. The molecule has 1 saturated heterocycles. The Morgan fingerprint density at radius 1 is 1.06 bits per heavy atom. The average Bonchev–Trinajstić information content (AvgIpc) is 3.10. The van der Waals surface area contributed by atoms with Crippen molar-refractivity contribution in [3.05, 3.63) is 70.1 Å². The van der Waals surface area contributed by atoms with Crippen molar-refractivity contribution in [2.45, 2.75) is 12.8 Å². The molecule has 1 heterocycles. The number of carbonyl (C=O) groups excluding carboxylic acids is 4. The number of hydrazine groups is 1. The molecule has 34 heavy (non-hydrogen) atoms. The number of hydrogen-bond acceptors (Lipinski definition) is 8. The van der Waals surface area contributed by atoms with Gasteiger partial charge in [0.25, 0.3) is 11.8 Å². The van der Waals surface area contributed by atoms with Gasteiger partial charge in [-0.3, -0.25) is 30.1 Å². The first-order chi connectivity index (χ1) is 16.3. The molecule has 3 amide bonds. The minimum atomic E-state index is -0.518. The minimum absolute atomic E-state index is 0.0302. The molecule has 9 nitrogen and oxygen atoms in total. The zero-order valence-electron chi connectivity index (χ0n) is 18.1. The SMILES string of the molecule is COC(=O)c1ccc(C=C2SC(=S)N(CCCC(=O)NNC(=O)c3ccc(O)cc3)C2=O)cc1. The van der Waals surface area contributed by atoms with E-state index >= 15 is 0 Å². The predicted octanol–water partition coefficient (Wildman–Crippen LogP) is 2.62. The van der Waals surface area contributed by atoms with Crippen LogP contribution in [0.1, 0.15) is 39.1 Å². The van der Waals surface area contributed by atoms with Gasteiger partial charge in [0.2, 0.25) is 5.91 Å². The first kappa shape index (κ1) is 24.9. The number of amides is 3. The van der Waals surface area contributed by atoms with E-state index < -0.39 is 17.8 Å². The summed E-state index contributed by atoms with van der Waals surface area (Å²) in [4.78, 5) is 50.1. The highest BCUT2D eigenvalue weighted by molar-refractivity contribution is 8.26. The Bertz CT molecular complexity index is 1150. The van der Waals surface area contributed by atoms with Gasteiger partial charge in [-0.2, -0.15) is 0 Å². The molecule has 0 aromatic heterocycles. The number of aromatic hydroxyl groups is 1. The van der Waals surface area contributed by atoms with Crippen molar-refractivity contribution in [2.24, 2.45) is 0 Å². The number of phenolic OH excluding ortho intramolecular Hbond substituents is 1. The van der Waals surface area contributed by atoms with Crippen LogP contribution in [0, 0.1) is 0 Å². The molecule has 1 aliphatic rings. The molecule has 0 radical (unpaired) electrons. The number of hydrogen-bond donors (Lipinski definition) is 3. The molecule has 0 bridgehead atoms. The molecule has 0 saturated carbocycles. The van der Waals surface area contributed by atoms with E-state index in [1.165, 1.54) is 48.0 Å². The van der Waals surface area contributed by atoms with Crippen LogP contribution in [0.25, 0.3) is 6.08 Å². The van der Waals surface area contributed by atoms with Gasteiger partial charge in [-0.25, -0.2) is 4.79 Å².